The second kappa shape index (κ2) is 6.30. The standard InChI is InChI=1S/C15H15NO6/c1-3-21-15(20)16-9-4-5-10-8(2)11(7-13(17)18)14(19)22-12(10)6-9/h4-6H,3,7H2,1-2H3,(H,16,20)(H,17,18). The molecule has 0 saturated carbocycles. The first-order valence-corrected chi connectivity index (χ1v) is 6.64. The van der Waals surface area contributed by atoms with Crippen LogP contribution in [0.3, 0.4) is 0 Å². The largest absolute Gasteiger partial charge is 0.481 e. The zero-order chi connectivity index (χ0) is 16.3. The molecule has 1 aromatic heterocycles. The van der Waals surface area contributed by atoms with Gasteiger partial charge in [0.2, 0.25) is 0 Å². The van der Waals surface area contributed by atoms with Crippen molar-refractivity contribution in [3.05, 3.63) is 39.7 Å². The van der Waals surface area contributed by atoms with Gasteiger partial charge in [-0.25, -0.2) is 9.59 Å². The Balaban J connectivity index is 2.45. The highest BCUT2D eigenvalue weighted by Crippen LogP contribution is 2.23. The van der Waals surface area contributed by atoms with E-state index in [-0.39, 0.29) is 17.8 Å². The number of benzene rings is 1. The van der Waals surface area contributed by atoms with E-state index in [1.54, 1.807) is 26.0 Å². The van der Waals surface area contributed by atoms with Crippen LogP contribution < -0.4 is 10.9 Å². The number of aryl methyl sites for hydroxylation is 1. The smallest absolute Gasteiger partial charge is 0.411 e. The van der Waals surface area contributed by atoms with Gasteiger partial charge in [0, 0.05) is 17.1 Å². The summed E-state index contributed by atoms with van der Waals surface area (Å²) in [5, 5.41) is 12.0. The van der Waals surface area contributed by atoms with Crippen LogP contribution in [0.4, 0.5) is 10.5 Å². The van der Waals surface area contributed by atoms with Gasteiger partial charge < -0.3 is 14.3 Å². The Hall–Kier alpha value is -2.83. The lowest BCUT2D eigenvalue weighted by atomic mass is 10.0. The van der Waals surface area contributed by atoms with Crippen molar-refractivity contribution >= 4 is 28.7 Å². The van der Waals surface area contributed by atoms with E-state index in [0.717, 1.165) is 0 Å². The Morgan fingerprint density at radius 2 is 2.09 bits per heavy atom. The summed E-state index contributed by atoms with van der Waals surface area (Å²) in [6.45, 7) is 3.59. The summed E-state index contributed by atoms with van der Waals surface area (Å²) in [6.07, 6.45) is -1.00. The summed E-state index contributed by atoms with van der Waals surface area (Å²) < 4.78 is 9.91. The molecule has 1 amide bonds. The molecular formula is C15H15NO6. The molecule has 0 radical (unpaired) electrons. The number of ether oxygens (including phenoxy) is 1. The van der Waals surface area contributed by atoms with E-state index in [9.17, 15) is 14.4 Å². The first-order chi connectivity index (χ1) is 10.4. The van der Waals surface area contributed by atoms with E-state index in [0.29, 0.717) is 16.6 Å². The van der Waals surface area contributed by atoms with Crippen molar-refractivity contribution in [2.45, 2.75) is 20.3 Å². The minimum absolute atomic E-state index is 0.117. The molecule has 0 spiro atoms. The molecule has 116 valence electrons. The molecule has 7 heteroatoms. The Morgan fingerprint density at radius 3 is 2.73 bits per heavy atom. The van der Waals surface area contributed by atoms with Gasteiger partial charge in [-0.3, -0.25) is 10.1 Å². The van der Waals surface area contributed by atoms with E-state index >= 15 is 0 Å². The van der Waals surface area contributed by atoms with Gasteiger partial charge in [-0.1, -0.05) is 0 Å². The van der Waals surface area contributed by atoms with Gasteiger partial charge in [-0.2, -0.15) is 0 Å². The zero-order valence-corrected chi connectivity index (χ0v) is 12.1. The van der Waals surface area contributed by atoms with Crippen LogP contribution in [0.25, 0.3) is 11.0 Å². The number of aliphatic carboxylic acids is 1. The molecule has 2 aromatic rings. The third-order valence-electron chi connectivity index (χ3n) is 3.14. The summed E-state index contributed by atoms with van der Waals surface area (Å²) in [4.78, 5) is 34.1. The summed E-state index contributed by atoms with van der Waals surface area (Å²) in [7, 11) is 0. The van der Waals surface area contributed by atoms with Crippen LogP contribution >= 0.6 is 0 Å². The molecular weight excluding hydrogens is 290 g/mol. The van der Waals surface area contributed by atoms with Crippen LogP contribution in [0.15, 0.2) is 27.4 Å². The van der Waals surface area contributed by atoms with Crippen molar-refractivity contribution in [1.82, 2.24) is 0 Å². The maximum absolute atomic E-state index is 11.9. The second-order valence-electron chi connectivity index (χ2n) is 4.62. The minimum atomic E-state index is -1.10. The summed E-state index contributed by atoms with van der Waals surface area (Å²) in [5.74, 6) is -1.10. The molecule has 2 rings (SSSR count). The molecule has 0 saturated heterocycles. The molecule has 0 atom stereocenters. The van der Waals surface area contributed by atoms with Crippen LogP contribution in [-0.4, -0.2) is 23.8 Å². The molecule has 2 N–H and O–H groups in total. The molecule has 0 bridgehead atoms. The third-order valence-corrected chi connectivity index (χ3v) is 3.14. The fraction of sp³-hybridized carbons (Fsp3) is 0.267. The number of nitrogens with one attached hydrogen (secondary N) is 1. The highest BCUT2D eigenvalue weighted by atomic mass is 16.5. The van der Waals surface area contributed by atoms with Crippen LogP contribution in [0.2, 0.25) is 0 Å². The average Bonchev–Trinajstić information content (AvgIpc) is 2.43. The zero-order valence-electron chi connectivity index (χ0n) is 12.1. The highest BCUT2D eigenvalue weighted by molar-refractivity contribution is 5.90. The molecule has 0 aliphatic carbocycles. The first-order valence-electron chi connectivity index (χ1n) is 6.64. The third kappa shape index (κ3) is 3.25. The first kappa shape index (κ1) is 15.6. The van der Waals surface area contributed by atoms with Gasteiger partial charge in [0.05, 0.1) is 18.6 Å². The Labute approximate surface area is 125 Å². The normalized spacial score (nSPS) is 10.5. The van der Waals surface area contributed by atoms with E-state index in [1.165, 1.54) is 6.07 Å². The molecule has 22 heavy (non-hydrogen) atoms. The average molecular weight is 305 g/mol. The number of carbonyl (C=O) groups excluding carboxylic acids is 1. The van der Waals surface area contributed by atoms with E-state index in [1.807, 2.05) is 0 Å². The van der Waals surface area contributed by atoms with E-state index < -0.39 is 24.1 Å². The Morgan fingerprint density at radius 1 is 1.36 bits per heavy atom. The van der Waals surface area contributed by atoms with Gasteiger partial charge in [-0.15, -0.1) is 0 Å². The number of anilines is 1. The van der Waals surface area contributed by atoms with Gasteiger partial charge in [0.1, 0.15) is 5.58 Å². The maximum atomic E-state index is 11.9. The fourth-order valence-corrected chi connectivity index (χ4v) is 2.11. The predicted octanol–water partition coefficient (Wildman–Crippen LogP) is 2.30. The monoisotopic (exact) mass is 305 g/mol. The van der Waals surface area contributed by atoms with Crippen LogP contribution in [0.1, 0.15) is 18.1 Å². The van der Waals surface area contributed by atoms with Crippen molar-refractivity contribution in [3.8, 4) is 0 Å². The lowest BCUT2D eigenvalue weighted by molar-refractivity contribution is -0.136. The van der Waals surface area contributed by atoms with Crippen LogP contribution in [-0.2, 0) is 16.0 Å². The molecule has 1 heterocycles. The highest BCUT2D eigenvalue weighted by Gasteiger charge is 2.15. The number of hydrogen-bond acceptors (Lipinski definition) is 5. The lowest BCUT2D eigenvalue weighted by Gasteiger charge is -2.09. The molecule has 7 nitrogen and oxygen atoms in total. The number of carbonyl (C=O) groups is 2. The Bertz CT molecular complexity index is 792. The molecule has 0 unspecified atom stereocenters. The van der Waals surface area contributed by atoms with Crippen molar-refractivity contribution in [2.75, 3.05) is 11.9 Å². The minimum Gasteiger partial charge on any atom is -0.481 e. The summed E-state index contributed by atoms with van der Waals surface area (Å²) in [5.41, 5.74) is 0.661. The van der Waals surface area contributed by atoms with Gasteiger partial charge >= 0.3 is 17.7 Å². The second-order valence-corrected chi connectivity index (χ2v) is 4.62. The molecule has 0 fully saturated rings. The number of carboxylic acid groups (broad SMARTS) is 1. The number of hydrogen-bond donors (Lipinski definition) is 2. The van der Waals surface area contributed by atoms with Crippen molar-refractivity contribution < 1.29 is 23.8 Å². The quantitative estimate of drug-likeness (QED) is 0.839. The van der Waals surface area contributed by atoms with Crippen molar-refractivity contribution in [3.63, 3.8) is 0 Å². The van der Waals surface area contributed by atoms with Crippen molar-refractivity contribution in [2.24, 2.45) is 0 Å². The molecule has 0 aliphatic heterocycles. The molecule has 0 aliphatic rings. The Kier molecular flexibility index (Phi) is 4.45. The van der Waals surface area contributed by atoms with E-state index in [2.05, 4.69) is 5.32 Å². The number of rotatable bonds is 4. The number of amides is 1. The fourth-order valence-electron chi connectivity index (χ4n) is 2.11. The van der Waals surface area contributed by atoms with Crippen LogP contribution in [0, 0.1) is 6.92 Å². The maximum Gasteiger partial charge on any atom is 0.411 e. The SMILES string of the molecule is CCOC(=O)Nc1ccc2c(C)c(CC(=O)O)c(=O)oc2c1. The number of fused-ring (bicyclic) bond motifs is 1. The van der Waals surface area contributed by atoms with Gasteiger partial charge in [-0.05, 0) is 31.5 Å². The predicted molar refractivity (Wildman–Crippen MR) is 79.2 cm³/mol. The molecule has 1 aromatic carbocycles. The van der Waals surface area contributed by atoms with Crippen LogP contribution in [0.5, 0.6) is 0 Å². The lowest BCUT2D eigenvalue weighted by Crippen LogP contribution is -2.15. The van der Waals surface area contributed by atoms with Crippen molar-refractivity contribution in [1.29, 1.82) is 0 Å². The number of carboxylic acids is 1. The van der Waals surface area contributed by atoms with Gasteiger partial charge in [0.25, 0.3) is 0 Å². The topological polar surface area (TPSA) is 106 Å². The van der Waals surface area contributed by atoms with Gasteiger partial charge in [0.15, 0.2) is 0 Å². The van der Waals surface area contributed by atoms with E-state index in [4.69, 9.17) is 14.3 Å². The summed E-state index contributed by atoms with van der Waals surface area (Å²) >= 11 is 0. The summed E-state index contributed by atoms with van der Waals surface area (Å²) in [6, 6.07) is 4.77.